The molecule has 0 aliphatic rings. The van der Waals surface area contributed by atoms with Crippen molar-refractivity contribution in [2.45, 2.75) is 13.5 Å². The highest BCUT2D eigenvalue weighted by Crippen LogP contribution is 2.00. The number of amides is 1. The van der Waals surface area contributed by atoms with Crippen molar-refractivity contribution in [2.24, 2.45) is 5.92 Å². The van der Waals surface area contributed by atoms with E-state index in [1.54, 1.807) is 30.1 Å². The maximum atomic E-state index is 11.8. The minimum atomic E-state index is -3.27. The van der Waals surface area contributed by atoms with E-state index in [2.05, 4.69) is 10.4 Å². The van der Waals surface area contributed by atoms with Crippen LogP contribution in [0.25, 0.3) is 0 Å². The molecule has 1 unspecified atom stereocenters. The van der Waals surface area contributed by atoms with Crippen LogP contribution in [0.1, 0.15) is 6.92 Å². The third-order valence-electron chi connectivity index (χ3n) is 2.68. The number of carbonyl (C=O) groups excluding carboxylic acids is 1. The van der Waals surface area contributed by atoms with E-state index in [1.165, 1.54) is 14.1 Å². The molecule has 0 fully saturated rings. The van der Waals surface area contributed by atoms with E-state index in [0.29, 0.717) is 6.54 Å². The van der Waals surface area contributed by atoms with Crippen molar-refractivity contribution in [3.63, 3.8) is 0 Å². The predicted molar refractivity (Wildman–Crippen MR) is 71.9 cm³/mol. The molecule has 1 N–H and O–H groups in total. The molecule has 0 saturated carbocycles. The number of nitrogens with zero attached hydrogens (tertiary/aromatic N) is 3. The van der Waals surface area contributed by atoms with Crippen LogP contribution in [-0.4, -0.2) is 54.8 Å². The molecule has 0 bridgehead atoms. The van der Waals surface area contributed by atoms with Gasteiger partial charge in [-0.2, -0.15) is 5.10 Å². The normalized spacial score (nSPS) is 13.5. The van der Waals surface area contributed by atoms with E-state index >= 15 is 0 Å². The zero-order valence-corrected chi connectivity index (χ0v) is 12.2. The standard InChI is InChI=1S/C11H20N4O3S/c1-10(9-15-7-4-5-13-15)11(16)12-6-8-19(17,18)14(2)3/h4-5,7,10H,6,8-9H2,1-3H3,(H,12,16). The maximum Gasteiger partial charge on any atom is 0.224 e. The summed E-state index contributed by atoms with van der Waals surface area (Å²) in [6, 6.07) is 1.79. The molecule has 1 aromatic rings. The van der Waals surface area contributed by atoms with Crippen LogP contribution in [0.15, 0.2) is 18.5 Å². The highest BCUT2D eigenvalue weighted by molar-refractivity contribution is 7.89. The van der Waals surface area contributed by atoms with Crippen molar-refractivity contribution in [3.8, 4) is 0 Å². The van der Waals surface area contributed by atoms with Crippen LogP contribution in [-0.2, 0) is 21.4 Å². The molecule has 1 atom stereocenters. The minimum Gasteiger partial charge on any atom is -0.355 e. The molecule has 1 heterocycles. The van der Waals surface area contributed by atoms with Crippen molar-refractivity contribution < 1.29 is 13.2 Å². The summed E-state index contributed by atoms with van der Waals surface area (Å²) in [4.78, 5) is 11.8. The summed E-state index contributed by atoms with van der Waals surface area (Å²) in [5.41, 5.74) is 0. The molecule has 0 aliphatic carbocycles. The van der Waals surface area contributed by atoms with Gasteiger partial charge < -0.3 is 5.32 Å². The van der Waals surface area contributed by atoms with Gasteiger partial charge in [-0.25, -0.2) is 12.7 Å². The fourth-order valence-electron chi connectivity index (χ4n) is 1.43. The first-order valence-electron chi connectivity index (χ1n) is 5.98. The molecule has 0 radical (unpaired) electrons. The molecule has 8 heteroatoms. The Hall–Kier alpha value is -1.41. The van der Waals surface area contributed by atoms with Gasteiger partial charge in [-0.3, -0.25) is 9.48 Å². The molecule has 0 aromatic carbocycles. The number of sulfonamides is 1. The molecule has 0 aliphatic heterocycles. The lowest BCUT2D eigenvalue weighted by Crippen LogP contribution is -2.37. The Morgan fingerprint density at radius 1 is 1.47 bits per heavy atom. The fourth-order valence-corrected chi connectivity index (χ4v) is 2.16. The van der Waals surface area contributed by atoms with Crippen molar-refractivity contribution in [3.05, 3.63) is 18.5 Å². The average molecular weight is 288 g/mol. The predicted octanol–water partition coefficient (Wildman–Crippen LogP) is -0.473. The number of rotatable bonds is 7. The van der Waals surface area contributed by atoms with Gasteiger partial charge >= 0.3 is 0 Å². The molecule has 0 spiro atoms. The lowest BCUT2D eigenvalue weighted by atomic mass is 10.1. The highest BCUT2D eigenvalue weighted by Gasteiger charge is 2.16. The van der Waals surface area contributed by atoms with Crippen molar-refractivity contribution in [1.82, 2.24) is 19.4 Å². The lowest BCUT2D eigenvalue weighted by Gasteiger charge is -2.14. The van der Waals surface area contributed by atoms with Gasteiger partial charge in [-0.15, -0.1) is 0 Å². The van der Waals surface area contributed by atoms with Gasteiger partial charge in [0.15, 0.2) is 0 Å². The second kappa shape index (κ2) is 6.67. The molecule has 0 saturated heterocycles. The Labute approximate surface area is 113 Å². The van der Waals surface area contributed by atoms with Gasteiger partial charge in [-0.05, 0) is 6.07 Å². The quantitative estimate of drug-likeness (QED) is 0.735. The third kappa shape index (κ3) is 4.99. The summed E-state index contributed by atoms with van der Waals surface area (Å²) in [6.45, 7) is 2.36. The maximum absolute atomic E-state index is 11.8. The van der Waals surface area contributed by atoms with Crippen LogP contribution >= 0.6 is 0 Å². The van der Waals surface area contributed by atoms with Crippen LogP contribution in [0, 0.1) is 5.92 Å². The van der Waals surface area contributed by atoms with E-state index < -0.39 is 10.0 Å². The highest BCUT2D eigenvalue weighted by atomic mass is 32.2. The molecule has 1 aromatic heterocycles. The first kappa shape index (κ1) is 15.6. The molecule has 1 rings (SSSR count). The largest absolute Gasteiger partial charge is 0.355 e. The molecule has 19 heavy (non-hydrogen) atoms. The number of carbonyl (C=O) groups is 1. The topological polar surface area (TPSA) is 84.3 Å². The summed E-state index contributed by atoms with van der Waals surface area (Å²) in [5, 5.41) is 6.64. The molecule has 7 nitrogen and oxygen atoms in total. The molecule has 1 amide bonds. The Morgan fingerprint density at radius 2 is 2.16 bits per heavy atom. The number of nitrogens with one attached hydrogen (secondary N) is 1. The van der Waals surface area contributed by atoms with Gasteiger partial charge in [0.1, 0.15) is 0 Å². The van der Waals surface area contributed by atoms with E-state index in [4.69, 9.17) is 0 Å². The van der Waals surface area contributed by atoms with Crippen molar-refractivity contribution >= 4 is 15.9 Å². The van der Waals surface area contributed by atoms with Crippen molar-refractivity contribution in [1.29, 1.82) is 0 Å². The van der Waals surface area contributed by atoms with E-state index in [9.17, 15) is 13.2 Å². The van der Waals surface area contributed by atoms with Crippen molar-refractivity contribution in [2.75, 3.05) is 26.4 Å². The molecular weight excluding hydrogens is 268 g/mol. The first-order chi connectivity index (χ1) is 8.83. The summed E-state index contributed by atoms with van der Waals surface area (Å²) in [5.74, 6) is -0.535. The van der Waals surface area contributed by atoms with E-state index in [0.717, 1.165) is 4.31 Å². The van der Waals surface area contributed by atoms with Crippen LogP contribution in [0.2, 0.25) is 0 Å². The molecular formula is C11H20N4O3S. The van der Waals surface area contributed by atoms with E-state index in [-0.39, 0.29) is 24.1 Å². The Kier molecular flexibility index (Phi) is 5.49. The summed E-state index contributed by atoms with van der Waals surface area (Å²) in [6.07, 6.45) is 3.43. The Balaban J connectivity index is 2.35. The summed E-state index contributed by atoms with van der Waals surface area (Å²) < 4.78 is 25.8. The fraction of sp³-hybridized carbons (Fsp3) is 0.636. The van der Waals surface area contributed by atoms with Gasteiger partial charge in [0.05, 0.1) is 18.2 Å². The monoisotopic (exact) mass is 288 g/mol. The van der Waals surface area contributed by atoms with Crippen LogP contribution in [0.3, 0.4) is 0 Å². The summed E-state index contributed by atoms with van der Waals surface area (Å²) in [7, 11) is -0.329. The second-order valence-corrected chi connectivity index (χ2v) is 6.82. The SMILES string of the molecule is CC(Cn1cccn1)C(=O)NCCS(=O)(=O)N(C)C. The molecule has 108 valence electrons. The number of hydrogen-bond acceptors (Lipinski definition) is 4. The average Bonchev–Trinajstić information content (AvgIpc) is 2.81. The smallest absolute Gasteiger partial charge is 0.224 e. The minimum absolute atomic E-state index is 0.0970. The van der Waals surface area contributed by atoms with Gasteiger partial charge in [0, 0.05) is 33.0 Å². The second-order valence-electron chi connectivity index (χ2n) is 4.52. The number of hydrogen-bond donors (Lipinski definition) is 1. The van der Waals surface area contributed by atoms with Crippen LogP contribution in [0.5, 0.6) is 0 Å². The third-order valence-corrected chi connectivity index (χ3v) is 4.52. The van der Waals surface area contributed by atoms with Crippen LogP contribution < -0.4 is 5.32 Å². The Bertz CT molecular complexity index is 496. The van der Waals surface area contributed by atoms with E-state index in [1.807, 2.05) is 0 Å². The zero-order valence-electron chi connectivity index (χ0n) is 11.4. The van der Waals surface area contributed by atoms with Crippen LogP contribution in [0.4, 0.5) is 0 Å². The number of aromatic nitrogens is 2. The Morgan fingerprint density at radius 3 is 2.68 bits per heavy atom. The van der Waals surface area contributed by atoms with Gasteiger partial charge in [-0.1, -0.05) is 6.92 Å². The first-order valence-corrected chi connectivity index (χ1v) is 7.59. The van der Waals surface area contributed by atoms with Gasteiger partial charge in [0.2, 0.25) is 15.9 Å². The zero-order chi connectivity index (χ0) is 14.5. The van der Waals surface area contributed by atoms with Gasteiger partial charge in [0.25, 0.3) is 0 Å². The lowest BCUT2D eigenvalue weighted by molar-refractivity contribution is -0.124. The summed E-state index contributed by atoms with van der Waals surface area (Å²) >= 11 is 0.